The van der Waals surface area contributed by atoms with Crippen LogP contribution in [-0.2, 0) is 11.3 Å². The molecular weight excluding hydrogens is 426 g/mol. The van der Waals surface area contributed by atoms with E-state index >= 15 is 0 Å². The fourth-order valence-corrected chi connectivity index (χ4v) is 4.47. The Balaban J connectivity index is 1.51. The van der Waals surface area contributed by atoms with Crippen LogP contribution < -0.4 is 5.32 Å². The van der Waals surface area contributed by atoms with Gasteiger partial charge in [-0.05, 0) is 55.2 Å². The molecule has 1 fully saturated rings. The summed E-state index contributed by atoms with van der Waals surface area (Å²) in [7, 11) is 0. The first-order valence-corrected chi connectivity index (χ1v) is 11.7. The molecule has 1 saturated heterocycles. The number of carbonyl (C=O) groups is 1. The van der Waals surface area contributed by atoms with Crippen LogP contribution in [0, 0.1) is 5.92 Å². The lowest BCUT2D eigenvalue weighted by Gasteiger charge is -2.32. The van der Waals surface area contributed by atoms with Gasteiger partial charge in [0.15, 0.2) is 5.58 Å². The second kappa shape index (κ2) is 10.4. The van der Waals surface area contributed by atoms with Crippen LogP contribution in [0.4, 0.5) is 6.01 Å². The fraction of sp³-hybridized carbons (Fsp3) is 0.440. The second-order valence-electron chi connectivity index (χ2n) is 8.34. The molecule has 0 aliphatic carbocycles. The lowest BCUT2D eigenvalue weighted by atomic mass is 10.0. The maximum Gasteiger partial charge on any atom is 0.295 e. The van der Waals surface area contributed by atoms with E-state index in [1.807, 2.05) is 47.4 Å². The zero-order valence-electron chi connectivity index (χ0n) is 18.6. The summed E-state index contributed by atoms with van der Waals surface area (Å²) >= 11 is 6.05. The Morgan fingerprint density at radius 1 is 1.25 bits per heavy atom. The maximum atomic E-state index is 13.5. The van der Waals surface area contributed by atoms with Crippen LogP contribution in [0.3, 0.4) is 0 Å². The highest BCUT2D eigenvalue weighted by molar-refractivity contribution is 6.30. The number of ether oxygens (including phenoxy) is 1. The van der Waals surface area contributed by atoms with Crippen molar-refractivity contribution in [3.8, 4) is 0 Å². The quantitative estimate of drug-likeness (QED) is 0.444. The molecule has 7 heteroatoms. The Bertz CT molecular complexity index is 1060. The number of amides is 1. The van der Waals surface area contributed by atoms with Crippen LogP contribution in [0.2, 0.25) is 5.02 Å². The van der Waals surface area contributed by atoms with E-state index in [9.17, 15) is 4.79 Å². The molecule has 0 radical (unpaired) electrons. The molecule has 3 aromatic rings. The molecule has 1 N–H and O–H groups in total. The van der Waals surface area contributed by atoms with Crippen molar-refractivity contribution in [3.63, 3.8) is 0 Å². The topological polar surface area (TPSA) is 67.6 Å². The van der Waals surface area contributed by atoms with E-state index in [1.165, 1.54) is 0 Å². The molecule has 1 aliphatic rings. The smallest absolute Gasteiger partial charge is 0.295 e. The summed E-state index contributed by atoms with van der Waals surface area (Å²) in [6.45, 7) is 7.06. The summed E-state index contributed by atoms with van der Waals surface area (Å²) in [5.41, 5.74) is 2.98. The molecule has 2 aromatic carbocycles. The summed E-state index contributed by atoms with van der Waals surface area (Å²) in [4.78, 5) is 20.0. The molecule has 1 atom stereocenters. The van der Waals surface area contributed by atoms with Gasteiger partial charge in [-0.25, -0.2) is 0 Å². The zero-order valence-corrected chi connectivity index (χ0v) is 19.4. The molecule has 6 nitrogen and oxygen atoms in total. The molecule has 1 amide bonds. The van der Waals surface area contributed by atoms with Crippen molar-refractivity contribution < 1.29 is 13.9 Å². The summed E-state index contributed by atoms with van der Waals surface area (Å²) in [5, 5.41) is 3.88. The minimum absolute atomic E-state index is 0.0453. The van der Waals surface area contributed by atoms with Crippen LogP contribution in [0.1, 0.15) is 49.0 Å². The number of benzene rings is 2. The average Bonchev–Trinajstić information content (AvgIpc) is 3.46. The van der Waals surface area contributed by atoms with E-state index in [4.69, 9.17) is 20.8 Å². The minimum Gasteiger partial charge on any atom is -0.424 e. The van der Waals surface area contributed by atoms with Gasteiger partial charge in [-0.15, -0.1) is 0 Å². The van der Waals surface area contributed by atoms with Crippen molar-refractivity contribution >= 4 is 34.6 Å². The Labute approximate surface area is 193 Å². The number of oxazole rings is 1. The molecular formula is C25H30ClN3O3. The lowest BCUT2D eigenvalue weighted by molar-refractivity contribution is 0.0620. The molecule has 0 spiro atoms. The van der Waals surface area contributed by atoms with Gasteiger partial charge in [0.05, 0.1) is 6.61 Å². The number of hydrogen-bond acceptors (Lipinski definition) is 5. The van der Waals surface area contributed by atoms with Gasteiger partial charge < -0.3 is 19.4 Å². The molecule has 2 heterocycles. The van der Waals surface area contributed by atoms with Crippen molar-refractivity contribution in [2.24, 2.45) is 5.92 Å². The molecule has 1 aromatic heterocycles. The van der Waals surface area contributed by atoms with E-state index < -0.39 is 0 Å². The normalized spacial score (nSPS) is 16.1. The highest BCUT2D eigenvalue weighted by atomic mass is 35.5. The number of hydrogen-bond donors (Lipinski definition) is 1. The summed E-state index contributed by atoms with van der Waals surface area (Å²) in [6, 6.07) is 13.7. The number of aromatic nitrogens is 1. The van der Waals surface area contributed by atoms with Crippen LogP contribution in [0.15, 0.2) is 46.9 Å². The van der Waals surface area contributed by atoms with Gasteiger partial charge in [0.25, 0.3) is 11.9 Å². The predicted octanol–water partition coefficient (Wildman–Crippen LogP) is 5.76. The van der Waals surface area contributed by atoms with E-state index in [2.05, 4.69) is 24.1 Å². The number of halogens is 1. The second-order valence-corrected chi connectivity index (χ2v) is 8.78. The van der Waals surface area contributed by atoms with Crippen LogP contribution >= 0.6 is 11.6 Å². The van der Waals surface area contributed by atoms with Crippen molar-refractivity contribution in [1.82, 2.24) is 9.88 Å². The van der Waals surface area contributed by atoms with Gasteiger partial charge in [0, 0.05) is 42.2 Å². The third-order valence-corrected chi connectivity index (χ3v) is 6.33. The summed E-state index contributed by atoms with van der Waals surface area (Å²) in [5.74, 6) is 0.446. The van der Waals surface area contributed by atoms with Gasteiger partial charge >= 0.3 is 0 Å². The zero-order chi connectivity index (χ0) is 22.5. The van der Waals surface area contributed by atoms with Crippen LogP contribution in [0.25, 0.3) is 11.1 Å². The van der Waals surface area contributed by atoms with Crippen molar-refractivity contribution in [2.45, 2.75) is 45.7 Å². The number of nitrogens with one attached hydrogen (secondary N) is 1. The minimum atomic E-state index is 0.0453. The number of rotatable bonds is 9. The average molecular weight is 456 g/mol. The molecule has 1 unspecified atom stereocenters. The first-order chi connectivity index (χ1) is 15.6. The SMILES string of the molecule is CCC(CC)N(CC1CCOC1)C(=O)c1ccc2oc(NCc3cccc(Cl)c3)nc2c1. The highest BCUT2D eigenvalue weighted by Crippen LogP contribution is 2.24. The third-order valence-electron chi connectivity index (χ3n) is 6.09. The summed E-state index contributed by atoms with van der Waals surface area (Å²) < 4.78 is 11.4. The number of carbonyl (C=O) groups excluding carboxylic acids is 1. The Morgan fingerprint density at radius 3 is 2.81 bits per heavy atom. The van der Waals surface area contributed by atoms with Crippen molar-refractivity contribution in [2.75, 3.05) is 25.1 Å². The summed E-state index contributed by atoms with van der Waals surface area (Å²) in [6.07, 6.45) is 2.87. The largest absolute Gasteiger partial charge is 0.424 e. The number of fused-ring (bicyclic) bond motifs is 1. The van der Waals surface area contributed by atoms with Crippen molar-refractivity contribution in [3.05, 3.63) is 58.6 Å². The Hall–Kier alpha value is -2.57. The first-order valence-electron chi connectivity index (χ1n) is 11.3. The first kappa shape index (κ1) is 22.6. The third kappa shape index (κ3) is 5.25. The van der Waals surface area contributed by atoms with Gasteiger partial charge in [0.2, 0.25) is 0 Å². The fourth-order valence-electron chi connectivity index (χ4n) is 4.26. The number of nitrogens with zero attached hydrogens (tertiary/aromatic N) is 2. The molecule has 32 heavy (non-hydrogen) atoms. The van der Waals surface area contributed by atoms with Crippen molar-refractivity contribution in [1.29, 1.82) is 0 Å². The standard InChI is InChI=1S/C25H30ClN3O3/c1-3-21(4-2)29(15-18-10-11-31-16-18)24(30)19-8-9-23-22(13-19)28-25(32-23)27-14-17-6-5-7-20(26)12-17/h5-9,12-13,18,21H,3-4,10-11,14-16H2,1-2H3,(H,27,28). The molecule has 170 valence electrons. The van der Waals surface area contributed by atoms with Crippen LogP contribution in [0.5, 0.6) is 0 Å². The maximum absolute atomic E-state index is 13.5. The van der Waals surface area contributed by atoms with E-state index in [1.54, 1.807) is 0 Å². The van der Waals surface area contributed by atoms with E-state index in [0.29, 0.717) is 40.2 Å². The molecule has 4 rings (SSSR count). The lowest BCUT2D eigenvalue weighted by Crippen LogP contribution is -2.43. The van der Waals surface area contributed by atoms with E-state index in [-0.39, 0.29) is 11.9 Å². The predicted molar refractivity (Wildman–Crippen MR) is 127 cm³/mol. The monoisotopic (exact) mass is 455 g/mol. The Kier molecular flexibility index (Phi) is 7.33. The van der Waals surface area contributed by atoms with Gasteiger partial charge in [0.1, 0.15) is 5.52 Å². The Morgan fingerprint density at radius 2 is 2.09 bits per heavy atom. The van der Waals surface area contributed by atoms with E-state index in [0.717, 1.165) is 44.6 Å². The molecule has 0 bridgehead atoms. The van der Waals surface area contributed by atoms with Gasteiger partial charge in [-0.1, -0.05) is 37.6 Å². The van der Waals surface area contributed by atoms with Gasteiger partial charge in [-0.2, -0.15) is 4.98 Å². The molecule has 1 aliphatic heterocycles. The highest BCUT2D eigenvalue weighted by Gasteiger charge is 2.28. The number of anilines is 1. The van der Waals surface area contributed by atoms with Crippen LogP contribution in [-0.4, -0.2) is 41.6 Å². The van der Waals surface area contributed by atoms with Gasteiger partial charge in [-0.3, -0.25) is 4.79 Å². The molecule has 0 saturated carbocycles.